The first-order valence-electron chi connectivity index (χ1n) is 8.25. The first-order chi connectivity index (χ1) is 11.2. The number of aromatic carboxylic acids is 1. The SMILES string of the molecule is CC(C)(C)OC(=O)N[C@@H]1CCCN(Cc2cccc(C(=O)[O-])c2)C1.[Li+]. The second-order valence-corrected chi connectivity index (χ2v) is 7.21. The number of amides is 1. The van der Waals surface area contributed by atoms with Crippen LogP contribution in [0.1, 0.15) is 49.5 Å². The molecule has 2 rings (SSSR count). The van der Waals surface area contributed by atoms with Gasteiger partial charge < -0.3 is 20.0 Å². The Morgan fingerprint density at radius 2 is 2.08 bits per heavy atom. The van der Waals surface area contributed by atoms with Crippen LogP contribution < -0.4 is 29.3 Å². The zero-order valence-corrected chi connectivity index (χ0v) is 15.5. The number of carbonyl (C=O) groups is 2. The van der Waals surface area contributed by atoms with Gasteiger partial charge in [-0.1, -0.05) is 18.2 Å². The molecule has 0 saturated carbocycles. The van der Waals surface area contributed by atoms with Crippen LogP contribution in [0.3, 0.4) is 0 Å². The van der Waals surface area contributed by atoms with Gasteiger partial charge in [-0.2, -0.15) is 0 Å². The minimum absolute atomic E-state index is 0. The molecule has 25 heavy (non-hydrogen) atoms. The Bertz CT molecular complexity index is 601. The van der Waals surface area contributed by atoms with E-state index in [1.165, 1.54) is 6.07 Å². The number of rotatable bonds is 4. The second-order valence-electron chi connectivity index (χ2n) is 7.21. The Balaban J connectivity index is 0.00000312. The molecule has 0 spiro atoms. The van der Waals surface area contributed by atoms with Crippen molar-refractivity contribution in [2.75, 3.05) is 13.1 Å². The second kappa shape index (κ2) is 9.28. The van der Waals surface area contributed by atoms with Crippen LogP contribution in [0, 0.1) is 0 Å². The molecule has 0 bridgehead atoms. The van der Waals surface area contributed by atoms with Crippen LogP contribution >= 0.6 is 0 Å². The fraction of sp³-hybridized carbons (Fsp3) is 0.556. The van der Waals surface area contributed by atoms with E-state index in [1.54, 1.807) is 12.1 Å². The molecule has 0 unspecified atom stereocenters. The summed E-state index contributed by atoms with van der Waals surface area (Å²) in [7, 11) is 0. The number of carboxylic acid groups (broad SMARTS) is 1. The number of benzene rings is 1. The van der Waals surface area contributed by atoms with Crippen molar-refractivity contribution in [2.24, 2.45) is 0 Å². The number of alkyl carbamates (subject to hydrolysis) is 1. The van der Waals surface area contributed by atoms with Gasteiger partial charge in [-0.05, 0) is 57.4 Å². The van der Waals surface area contributed by atoms with Crippen molar-refractivity contribution in [1.82, 2.24) is 10.2 Å². The summed E-state index contributed by atoms with van der Waals surface area (Å²) < 4.78 is 5.30. The third-order valence-electron chi connectivity index (χ3n) is 3.80. The first-order valence-corrected chi connectivity index (χ1v) is 8.25. The fourth-order valence-electron chi connectivity index (χ4n) is 2.85. The molecular weight excluding hydrogens is 315 g/mol. The number of carboxylic acids is 1. The van der Waals surface area contributed by atoms with Gasteiger partial charge in [-0.3, -0.25) is 4.90 Å². The molecule has 1 fully saturated rings. The molecule has 1 amide bonds. The molecule has 1 aromatic carbocycles. The Morgan fingerprint density at radius 1 is 1.36 bits per heavy atom. The van der Waals surface area contributed by atoms with Gasteiger partial charge in [0.25, 0.3) is 0 Å². The number of ether oxygens (including phenoxy) is 1. The molecule has 1 saturated heterocycles. The average molecular weight is 340 g/mol. The summed E-state index contributed by atoms with van der Waals surface area (Å²) in [6.07, 6.45) is 1.49. The maximum atomic E-state index is 11.9. The Hall–Kier alpha value is -1.48. The molecule has 1 aromatic rings. The van der Waals surface area contributed by atoms with Crippen LogP contribution in [0.2, 0.25) is 0 Å². The van der Waals surface area contributed by atoms with Crippen LogP contribution in [-0.4, -0.2) is 41.7 Å². The topological polar surface area (TPSA) is 81.7 Å². The van der Waals surface area contributed by atoms with Crippen LogP contribution in [0.4, 0.5) is 4.79 Å². The first kappa shape index (κ1) is 21.6. The Labute approximate surface area is 161 Å². The zero-order chi connectivity index (χ0) is 17.7. The summed E-state index contributed by atoms with van der Waals surface area (Å²) in [5, 5.41) is 13.9. The van der Waals surface area contributed by atoms with E-state index < -0.39 is 17.7 Å². The number of carbonyl (C=O) groups excluding carboxylic acids is 2. The van der Waals surface area contributed by atoms with Gasteiger partial charge in [-0.25, -0.2) is 4.79 Å². The van der Waals surface area contributed by atoms with Crippen molar-refractivity contribution in [3.63, 3.8) is 0 Å². The molecule has 1 N–H and O–H groups in total. The molecule has 0 aliphatic carbocycles. The predicted octanol–water partition coefficient (Wildman–Crippen LogP) is -1.46. The number of likely N-dealkylation sites (tertiary alicyclic amines) is 1. The zero-order valence-electron chi connectivity index (χ0n) is 15.5. The van der Waals surface area contributed by atoms with Crippen LogP contribution in [0.5, 0.6) is 0 Å². The molecular formula is C18H25LiN2O4. The summed E-state index contributed by atoms with van der Waals surface area (Å²) in [5.41, 5.74) is 0.603. The van der Waals surface area contributed by atoms with Crippen LogP contribution in [0.25, 0.3) is 0 Å². The maximum absolute atomic E-state index is 11.9. The van der Waals surface area contributed by atoms with Gasteiger partial charge in [0.2, 0.25) is 0 Å². The number of nitrogens with zero attached hydrogens (tertiary/aromatic N) is 1. The minimum atomic E-state index is -1.17. The van der Waals surface area contributed by atoms with Crippen molar-refractivity contribution in [1.29, 1.82) is 0 Å². The van der Waals surface area contributed by atoms with Gasteiger partial charge in [0.1, 0.15) is 5.60 Å². The molecule has 1 aliphatic heterocycles. The Morgan fingerprint density at radius 3 is 2.72 bits per heavy atom. The number of hydrogen-bond donors (Lipinski definition) is 1. The number of nitrogens with one attached hydrogen (secondary N) is 1. The summed E-state index contributed by atoms with van der Waals surface area (Å²) in [5.74, 6) is -1.17. The largest absolute Gasteiger partial charge is 1.00 e. The Kier molecular flexibility index (Phi) is 8.00. The molecule has 1 aliphatic rings. The molecule has 0 aromatic heterocycles. The van der Waals surface area contributed by atoms with Crippen LogP contribution in [-0.2, 0) is 11.3 Å². The summed E-state index contributed by atoms with van der Waals surface area (Å²) >= 11 is 0. The standard InChI is InChI=1S/C18H26N2O4.Li/c1-18(2,3)24-17(23)19-15-8-5-9-20(12-15)11-13-6-4-7-14(10-13)16(21)22;/h4,6-7,10,15H,5,8-9,11-12H2,1-3H3,(H,19,23)(H,21,22);/q;+1/p-1/t15-;/m1./s1. The van der Waals surface area contributed by atoms with Crippen molar-refractivity contribution in [3.05, 3.63) is 35.4 Å². The van der Waals surface area contributed by atoms with Crippen molar-refractivity contribution < 1.29 is 38.3 Å². The van der Waals surface area contributed by atoms with E-state index in [0.717, 1.165) is 31.5 Å². The van der Waals surface area contributed by atoms with E-state index >= 15 is 0 Å². The predicted molar refractivity (Wildman–Crippen MR) is 88.4 cm³/mol. The van der Waals surface area contributed by atoms with E-state index in [9.17, 15) is 14.7 Å². The molecule has 0 radical (unpaired) electrons. The quantitative estimate of drug-likeness (QED) is 0.678. The van der Waals surface area contributed by atoms with Crippen molar-refractivity contribution >= 4 is 12.1 Å². The van der Waals surface area contributed by atoms with E-state index in [-0.39, 0.29) is 30.5 Å². The molecule has 132 valence electrons. The normalized spacial score (nSPS) is 18.1. The van der Waals surface area contributed by atoms with E-state index in [0.29, 0.717) is 6.54 Å². The fourth-order valence-corrected chi connectivity index (χ4v) is 2.85. The average Bonchev–Trinajstić information content (AvgIpc) is 2.45. The van der Waals surface area contributed by atoms with Gasteiger partial charge in [-0.15, -0.1) is 0 Å². The van der Waals surface area contributed by atoms with Gasteiger partial charge in [0.15, 0.2) is 0 Å². The third kappa shape index (κ3) is 7.51. The van der Waals surface area contributed by atoms with Crippen molar-refractivity contribution in [2.45, 2.75) is 51.8 Å². The summed E-state index contributed by atoms with van der Waals surface area (Å²) in [4.78, 5) is 25.0. The molecule has 7 heteroatoms. The van der Waals surface area contributed by atoms with E-state index in [2.05, 4.69) is 10.2 Å². The van der Waals surface area contributed by atoms with Gasteiger partial charge in [0, 0.05) is 19.1 Å². The number of hydrogen-bond acceptors (Lipinski definition) is 5. The molecule has 1 atom stereocenters. The van der Waals surface area contributed by atoms with Crippen molar-refractivity contribution in [3.8, 4) is 0 Å². The van der Waals surface area contributed by atoms with E-state index in [4.69, 9.17) is 4.74 Å². The van der Waals surface area contributed by atoms with E-state index in [1.807, 2.05) is 26.8 Å². The summed E-state index contributed by atoms with van der Waals surface area (Å²) in [6.45, 7) is 7.79. The molecule has 1 heterocycles. The molecule has 6 nitrogen and oxygen atoms in total. The van der Waals surface area contributed by atoms with Gasteiger partial charge >= 0.3 is 25.0 Å². The monoisotopic (exact) mass is 340 g/mol. The van der Waals surface area contributed by atoms with Gasteiger partial charge in [0.05, 0.1) is 5.97 Å². The minimum Gasteiger partial charge on any atom is -0.545 e. The summed E-state index contributed by atoms with van der Waals surface area (Å²) in [6, 6.07) is 6.83. The van der Waals surface area contributed by atoms with Crippen LogP contribution in [0.15, 0.2) is 24.3 Å². The third-order valence-corrected chi connectivity index (χ3v) is 3.80. The smallest absolute Gasteiger partial charge is 0.545 e. The maximum Gasteiger partial charge on any atom is 1.00 e. The number of piperidine rings is 1.